The van der Waals surface area contributed by atoms with Gasteiger partial charge >= 0.3 is 0 Å². The molecule has 3 rings (SSSR count). The van der Waals surface area contributed by atoms with Gasteiger partial charge in [0.05, 0.1) is 19.0 Å². The number of carbonyl (C=O) groups is 1. The SMILES string of the molecule is COc1ccc(CNC(=O)/C(C#N)=C/c2cn[nH]c2-c2ccc(Cl)cc2)cc1. The van der Waals surface area contributed by atoms with E-state index >= 15 is 0 Å². The third-order valence-electron chi connectivity index (χ3n) is 4.08. The Labute approximate surface area is 167 Å². The molecular weight excluding hydrogens is 376 g/mol. The molecule has 0 aliphatic heterocycles. The first-order valence-electron chi connectivity index (χ1n) is 8.43. The fourth-order valence-corrected chi connectivity index (χ4v) is 2.70. The van der Waals surface area contributed by atoms with E-state index in [0.29, 0.717) is 22.8 Å². The Morgan fingerprint density at radius 1 is 1.25 bits per heavy atom. The minimum Gasteiger partial charge on any atom is -0.497 e. The molecule has 3 aromatic rings. The monoisotopic (exact) mass is 392 g/mol. The fraction of sp³-hybridized carbons (Fsp3) is 0.0952. The summed E-state index contributed by atoms with van der Waals surface area (Å²) in [4.78, 5) is 12.4. The van der Waals surface area contributed by atoms with E-state index in [1.165, 1.54) is 6.08 Å². The van der Waals surface area contributed by atoms with Crippen molar-refractivity contribution in [3.05, 3.63) is 76.5 Å². The Morgan fingerprint density at radius 3 is 2.61 bits per heavy atom. The number of ether oxygens (including phenoxy) is 1. The molecule has 0 aliphatic rings. The highest BCUT2D eigenvalue weighted by Gasteiger charge is 2.12. The summed E-state index contributed by atoms with van der Waals surface area (Å²) in [6.45, 7) is 0.303. The van der Waals surface area contributed by atoms with E-state index in [2.05, 4.69) is 15.5 Å². The maximum absolute atomic E-state index is 12.4. The Kier molecular flexibility index (Phi) is 6.10. The number of hydrogen-bond donors (Lipinski definition) is 2. The lowest BCUT2D eigenvalue weighted by atomic mass is 10.1. The van der Waals surface area contributed by atoms with Crippen molar-refractivity contribution in [2.24, 2.45) is 0 Å². The van der Waals surface area contributed by atoms with Crippen LogP contribution in [0.4, 0.5) is 0 Å². The van der Waals surface area contributed by atoms with Gasteiger partial charge in [-0.1, -0.05) is 35.9 Å². The van der Waals surface area contributed by atoms with Crippen LogP contribution >= 0.6 is 11.6 Å². The van der Waals surface area contributed by atoms with Crippen molar-refractivity contribution >= 4 is 23.6 Å². The Morgan fingerprint density at radius 2 is 1.96 bits per heavy atom. The van der Waals surface area contributed by atoms with Crippen LogP contribution in [0.15, 0.2) is 60.3 Å². The maximum Gasteiger partial charge on any atom is 0.262 e. The Bertz CT molecular complexity index is 1030. The lowest BCUT2D eigenvalue weighted by Crippen LogP contribution is -2.23. The number of nitrogens with one attached hydrogen (secondary N) is 2. The van der Waals surface area contributed by atoms with Gasteiger partial charge in [0.15, 0.2) is 0 Å². The predicted octanol–water partition coefficient (Wildman–Crippen LogP) is 3.96. The van der Waals surface area contributed by atoms with Crippen molar-refractivity contribution in [1.82, 2.24) is 15.5 Å². The number of H-pyrrole nitrogens is 1. The minimum absolute atomic E-state index is 0.00914. The second kappa shape index (κ2) is 8.89. The topological polar surface area (TPSA) is 90.8 Å². The molecule has 6 nitrogen and oxygen atoms in total. The van der Waals surface area contributed by atoms with Crippen LogP contribution in [0.25, 0.3) is 17.3 Å². The van der Waals surface area contributed by atoms with Gasteiger partial charge in [0.25, 0.3) is 5.91 Å². The number of nitriles is 1. The summed E-state index contributed by atoms with van der Waals surface area (Å²) in [5.74, 6) is 0.281. The van der Waals surface area contributed by atoms with Crippen LogP contribution in [0.2, 0.25) is 5.02 Å². The van der Waals surface area contributed by atoms with Crippen molar-refractivity contribution in [1.29, 1.82) is 5.26 Å². The van der Waals surface area contributed by atoms with E-state index in [0.717, 1.165) is 16.9 Å². The average Bonchev–Trinajstić information content (AvgIpc) is 3.19. The molecule has 1 aromatic heterocycles. The van der Waals surface area contributed by atoms with Crippen LogP contribution in [0, 0.1) is 11.3 Å². The summed E-state index contributed by atoms with van der Waals surface area (Å²) >= 11 is 5.92. The number of methoxy groups -OCH3 is 1. The number of nitrogens with zero attached hydrogens (tertiary/aromatic N) is 2. The zero-order valence-electron chi connectivity index (χ0n) is 15.1. The van der Waals surface area contributed by atoms with E-state index in [1.54, 1.807) is 25.4 Å². The van der Waals surface area contributed by atoms with Crippen LogP contribution in [-0.4, -0.2) is 23.2 Å². The van der Waals surface area contributed by atoms with Crippen molar-refractivity contribution in [3.8, 4) is 23.1 Å². The third-order valence-corrected chi connectivity index (χ3v) is 4.33. The third kappa shape index (κ3) is 4.58. The highest BCUT2D eigenvalue weighted by Crippen LogP contribution is 2.24. The second-order valence-electron chi connectivity index (χ2n) is 5.91. The van der Waals surface area contributed by atoms with Gasteiger partial charge in [-0.15, -0.1) is 0 Å². The largest absolute Gasteiger partial charge is 0.497 e. The number of halogens is 1. The summed E-state index contributed by atoms with van der Waals surface area (Å²) in [5, 5.41) is 19.7. The number of aromatic amines is 1. The van der Waals surface area contributed by atoms with Gasteiger partial charge in [0, 0.05) is 22.7 Å². The number of rotatable bonds is 6. The van der Waals surface area contributed by atoms with Crippen LogP contribution in [0.3, 0.4) is 0 Å². The van der Waals surface area contributed by atoms with E-state index in [4.69, 9.17) is 16.3 Å². The molecule has 0 fully saturated rings. The molecule has 1 heterocycles. The van der Waals surface area contributed by atoms with E-state index < -0.39 is 5.91 Å². The summed E-state index contributed by atoms with van der Waals surface area (Å²) in [7, 11) is 1.59. The van der Waals surface area contributed by atoms with E-state index in [-0.39, 0.29) is 5.57 Å². The highest BCUT2D eigenvalue weighted by molar-refractivity contribution is 6.30. The lowest BCUT2D eigenvalue weighted by Gasteiger charge is -2.06. The highest BCUT2D eigenvalue weighted by atomic mass is 35.5. The van der Waals surface area contributed by atoms with Crippen molar-refractivity contribution in [2.45, 2.75) is 6.54 Å². The summed E-state index contributed by atoms with van der Waals surface area (Å²) in [6, 6.07) is 16.5. The van der Waals surface area contributed by atoms with Crippen LogP contribution < -0.4 is 10.1 Å². The number of amides is 1. The lowest BCUT2D eigenvalue weighted by molar-refractivity contribution is -0.117. The first-order chi connectivity index (χ1) is 13.6. The standard InChI is InChI=1S/C21H17ClN4O2/c1-28-19-8-2-14(3-9-19)12-24-21(27)16(11-23)10-17-13-25-26-20(17)15-4-6-18(22)7-5-15/h2-10,13H,12H2,1H3,(H,24,27)(H,25,26)/b16-10+. The quantitative estimate of drug-likeness (QED) is 0.490. The van der Waals surface area contributed by atoms with Gasteiger partial charge in [0.2, 0.25) is 0 Å². The summed E-state index contributed by atoms with van der Waals surface area (Å²) < 4.78 is 5.11. The Balaban J connectivity index is 1.75. The first-order valence-corrected chi connectivity index (χ1v) is 8.80. The molecule has 7 heteroatoms. The molecule has 0 bridgehead atoms. The molecule has 1 amide bonds. The van der Waals surface area contributed by atoms with Crippen molar-refractivity contribution < 1.29 is 9.53 Å². The number of hydrogen-bond acceptors (Lipinski definition) is 4. The zero-order chi connectivity index (χ0) is 19.9. The zero-order valence-corrected chi connectivity index (χ0v) is 15.8. The normalized spacial score (nSPS) is 11.0. The number of carbonyl (C=O) groups excluding carboxylic acids is 1. The molecule has 0 saturated carbocycles. The van der Waals surface area contributed by atoms with Gasteiger partial charge in [-0.05, 0) is 35.9 Å². The average molecular weight is 393 g/mol. The van der Waals surface area contributed by atoms with Gasteiger partial charge in [-0.2, -0.15) is 10.4 Å². The molecule has 0 unspecified atom stereocenters. The Hall–Kier alpha value is -3.56. The van der Waals surface area contributed by atoms with Gasteiger partial charge in [0.1, 0.15) is 17.4 Å². The molecule has 0 saturated heterocycles. The smallest absolute Gasteiger partial charge is 0.262 e. The minimum atomic E-state index is -0.457. The summed E-state index contributed by atoms with van der Waals surface area (Å²) in [5.41, 5.74) is 3.08. The first kappa shape index (κ1) is 19.2. The van der Waals surface area contributed by atoms with Gasteiger partial charge in [-0.3, -0.25) is 9.89 Å². The number of aromatic nitrogens is 2. The second-order valence-corrected chi connectivity index (χ2v) is 6.34. The molecule has 2 aromatic carbocycles. The molecule has 2 N–H and O–H groups in total. The summed E-state index contributed by atoms with van der Waals surface area (Å²) in [6.07, 6.45) is 3.08. The van der Waals surface area contributed by atoms with E-state index in [9.17, 15) is 10.1 Å². The van der Waals surface area contributed by atoms with Crippen LogP contribution in [0.1, 0.15) is 11.1 Å². The fourth-order valence-electron chi connectivity index (χ4n) is 2.58. The molecule has 0 radical (unpaired) electrons. The predicted molar refractivity (Wildman–Crippen MR) is 107 cm³/mol. The molecule has 0 spiro atoms. The maximum atomic E-state index is 12.4. The van der Waals surface area contributed by atoms with Gasteiger partial charge < -0.3 is 10.1 Å². The molecule has 140 valence electrons. The van der Waals surface area contributed by atoms with E-state index in [1.807, 2.05) is 42.5 Å². The molecule has 0 aliphatic carbocycles. The van der Waals surface area contributed by atoms with Crippen molar-refractivity contribution in [2.75, 3.05) is 7.11 Å². The van der Waals surface area contributed by atoms with Crippen LogP contribution in [-0.2, 0) is 11.3 Å². The van der Waals surface area contributed by atoms with Crippen LogP contribution in [0.5, 0.6) is 5.75 Å². The molecular formula is C21H17ClN4O2. The molecule has 28 heavy (non-hydrogen) atoms. The van der Waals surface area contributed by atoms with Crippen molar-refractivity contribution in [3.63, 3.8) is 0 Å². The molecule has 0 atom stereocenters. The number of benzene rings is 2. The van der Waals surface area contributed by atoms with Gasteiger partial charge in [-0.25, -0.2) is 0 Å².